The van der Waals surface area contributed by atoms with Crippen LogP contribution in [0.4, 0.5) is 4.79 Å². The number of pyridine rings is 1. The van der Waals surface area contributed by atoms with Crippen molar-refractivity contribution in [2.75, 3.05) is 6.54 Å². The van der Waals surface area contributed by atoms with Crippen LogP contribution < -0.4 is 10.7 Å². The van der Waals surface area contributed by atoms with E-state index in [0.717, 1.165) is 0 Å². The zero-order chi connectivity index (χ0) is 20.5. The molecule has 0 atom stereocenters. The molecule has 1 aromatic heterocycles. The lowest BCUT2D eigenvalue weighted by Crippen LogP contribution is -2.41. The van der Waals surface area contributed by atoms with Crippen molar-refractivity contribution in [1.82, 2.24) is 10.3 Å². The van der Waals surface area contributed by atoms with Crippen molar-refractivity contribution < 1.29 is 18.8 Å². The molecule has 0 radical (unpaired) electrons. The van der Waals surface area contributed by atoms with Crippen molar-refractivity contribution in [3.8, 4) is 0 Å². The summed E-state index contributed by atoms with van der Waals surface area (Å²) in [5, 5.41) is 2.71. The van der Waals surface area contributed by atoms with Gasteiger partial charge in [0, 0.05) is 30.6 Å². The Hall–Kier alpha value is -2.06. The summed E-state index contributed by atoms with van der Waals surface area (Å²) < 4.78 is 17.4. The summed E-state index contributed by atoms with van der Waals surface area (Å²) in [7, 11) is -0.690. The Balaban J connectivity index is 2.26. The maximum atomic E-state index is 12.1. The third-order valence-corrected chi connectivity index (χ3v) is 4.59. The highest BCUT2D eigenvalue weighted by molar-refractivity contribution is 6.56. The maximum Gasteiger partial charge on any atom is 0.492 e. The molecular formula is C19H29BN2O5. The molecule has 0 aliphatic carbocycles. The van der Waals surface area contributed by atoms with Crippen molar-refractivity contribution in [2.24, 2.45) is 0 Å². The average Bonchev–Trinajstić information content (AvgIpc) is 2.71. The molecule has 7 nitrogen and oxygen atoms in total. The number of hydrogen-bond donors (Lipinski definition) is 2. The van der Waals surface area contributed by atoms with Crippen LogP contribution in [0.25, 0.3) is 6.08 Å². The lowest BCUT2D eigenvalue weighted by atomic mass is 9.77. The smallest absolute Gasteiger partial charge is 0.444 e. The van der Waals surface area contributed by atoms with Gasteiger partial charge in [-0.25, -0.2) is 4.79 Å². The highest BCUT2D eigenvalue weighted by atomic mass is 16.7. The van der Waals surface area contributed by atoms with Crippen molar-refractivity contribution >= 4 is 19.3 Å². The first-order valence-electron chi connectivity index (χ1n) is 9.01. The Kier molecular flexibility index (Phi) is 5.92. The summed E-state index contributed by atoms with van der Waals surface area (Å²) in [6.07, 6.45) is 4.29. The van der Waals surface area contributed by atoms with Gasteiger partial charge in [-0.15, -0.1) is 0 Å². The first kappa shape index (κ1) is 21.2. The van der Waals surface area contributed by atoms with E-state index in [-0.39, 0.29) is 12.0 Å². The predicted molar refractivity (Wildman–Crippen MR) is 105 cm³/mol. The van der Waals surface area contributed by atoms with E-state index in [1.807, 2.05) is 27.7 Å². The SMILES string of the molecule is CC(C)(C)OC(=O)NCC(=Cc1c[nH]ccc1=O)B1OC(C)(C)C(C)(C)O1. The van der Waals surface area contributed by atoms with Gasteiger partial charge in [0.2, 0.25) is 0 Å². The van der Waals surface area contributed by atoms with E-state index in [1.165, 1.54) is 6.07 Å². The molecule has 1 aliphatic rings. The van der Waals surface area contributed by atoms with Crippen LogP contribution in [-0.2, 0) is 14.0 Å². The fraction of sp³-hybridized carbons (Fsp3) is 0.579. The van der Waals surface area contributed by atoms with Crippen LogP contribution in [0.3, 0.4) is 0 Å². The highest BCUT2D eigenvalue weighted by Gasteiger charge is 2.52. The number of alkyl carbamates (subject to hydrolysis) is 1. The third-order valence-electron chi connectivity index (χ3n) is 4.59. The summed E-state index contributed by atoms with van der Waals surface area (Å²) in [4.78, 5) is 27.0. The monoisotopic (exact) mass is 376 g/mol. The van der Waals surface area contributed by atoms with Gasteiger partial charge in [0.05, 0.1) is 11.2 Å². The van der Waals surface area contributed by atoms with E-state index in [0.29, 0.717) is 11.0 Å². The molecule has 1 saturated heterocycles. The van der Waals surface area contributed by atoms with Crippen LogP contribution in [0.15, 0.2) is 28.7 Å². The van der Waals surface area contributed by atoms with Crippen molar-refractivity contribution in [1.29, 1.82) is 0 Å². The van der Waals surface area contributed by atoms with Crippen LogP contribution in [0.5, 0.6) is 0 Å². The molecule has 0 aromatic carbocycles. The lowest BCUT2D eigenvalue weighted by molar-refractivity contribution is 0.00578. The maximum absolute atomic E-state index is 12.1. The predicted octanol–water partition coefficient (Wildman–Crippen LogP) is 2.91. The zero-order valence-corrected chi connectivity index (χ0v) is 17.1. The zero-order valence-electron chi connectivity index (χ0n) is 17.1. The molecule has 1 fully saturated rings. The number of rotatable bonds is 4. The molecule has 148 valence electrons. The number of carbonyl (C=O) groups is 1. The van der Waals surface area contributed by atoms with Gasteiger partial charge < -0.3 is 24.3 Å². The first-order chi connectivity index (χ1) is 12.3. The molecule has 0 spiro atoms. The van der Waals surface area contributed by atoms with E-state index >= 15 is 0 Å². The number of aromatic amines is 1. The molecule has 0 unspecified atom stereocenters. The third kappa shape index (κ3) is 5.46. The molecule has 1 aromatic rings. The van der Waals surface area contributed by atoms with Gasteiger partial charge >= 0.3 is 13.2 Å². The Morgan fingerprint density at radius 2 is 1.85 bits per heavy atom. The fourth-order valence-corrected chi connectivity index (χ4v) is 2.43. The van der Waals surface area contributed by atoms with Gasteiger partial charge in [-0.3, -0.25) is 4.79 Å². The van der Waals surface area contributed by atoms with Crippen LogP contribution in [0.2, 0.25) is 0 Å². The van der Waals surface area contributed by atoms with E-state index in [9.17, 15) is 9.59 Å². The Labute approximate surface area is 160 Å². The number of amides is 1. The van der Waals surface area contributed by atoms with E-state index in [1.54, 1.807) is 39.2 Å². The molecule has 1 aliphatic heterocycles. The van der Waals surface area contributed by atoms with Gasteiger partial charge in [0.25, 0.3) is 0 Å². The number of nitrogens with one attached hydrogen (secondary N) is 2. The van der Waals surface area contributed by atoms with Crippen LogP contribution >= 0.6 is 0 Å². The number of H-pyrrole nitrogens is 1. The molecule has 2 N–H and O–H groups in total. The van der Waals surface area contributed by atoms with Crippen LogP contribution in [-0.4, -0.2) is 41.5 Å². The number of aromatic nitrogens is 1. The molecule has 2 heterocycles. The summed E-state index contributed by atoms with van der Waals surface area (Å²) in [6, 6.07) is 1.44. The number of hydrogen-bond acceptors (Lipinski definition) is 5. The van der Waals surface area contributed by atoms with Gasteiger partial charge in [-0.05, 0) is 53.9 Å². The van der Waals surface area contributed by atoms with Gasteiger partial charge in [0.15, 0.2) is 5.43 Å². The van der Waals surface area contributed by atoms with Crippen molar-refractivity contribution in [3.63, 3.8) is 0 Å². The summed E-state index contributed by atoms with van der Waals surface area (Å²) in [5.74, 6) is 0. The standard InChI is InChI=1S/C19H29BN2O5/c1-17(2,3)25-16(24)22-12-14(10-13-11-21-9-8-15(13)23)20-26-18(4,5)19(6,7)27-20/h8-11H,12H2,1-7H3,(H,21,23)(H,22,24). The van der Waals surface area contributed by atoms with Crippen molar-refractivity contribution in [3.05, 3.63) is 39.7 Å². The first-order valence-corrected chi connectivity index (χ1v) is 9.01. The summed E-state index contributed by atoms with van der Waals surface area (Å²) >= 11 is 0. The molecule has 0 saturated carbocycles. The minimum atomic E-state index is -0.690. The molecule has 27 heavy (non-hydrogen) atoms. The van der Waals surface area contributed by atoms with Crippen LogP contribution in [0, 0.1) is 0 Å². The molecule has 1 amide bonds. The number of ether oxygens (including phenoxy) is 1. The Morgan fingerprint density at radius 3 is 2.37 bits per heavy atom. The van der Waals surface area contributed by atoms with E-state index < -0.39 is 30.0 Å². The normalized spacial score (nSPS) is 19.1. The van der Waals surface area contributed by atoms with E-state index in [4.69, 9.17) is 14.0 Å². The second-order valence-electron chi connectivity index (χ2n) is 8.63. The Bertz CT molecular complexity index is 761. The van der Waals surface area contributed by atoms with Gasteiger partial charge in [0.1, 0.15) is 5.60 Å². The van der Waals surface area contributed by atoms with Crippen LogP contribution in [0.1, 0.15) is 54.0 Å². The molecule has 8 heteroatoms. The molecule has 2 rings (SSSR count). The average molecular weight is 376 g/mol. The second kappa shape index (κ2) is 7.52. The lowest BCUT2D eigenvalue weighted by Gasteiger charge is -2.32. The Morgan fingerprint density at radius 1 is 1.26 bits per heavy atom. The highest BCUT2D eigenvalue weighted by Crippen LogP contribution is 2.38. The van der Waals surface area contributed by atoms with Gasteiger partial charge in [-0.1, -0.05) is 6.08 Å². The van der Waals surface area contributed by atoms with Gasteiger partial charge in [-0.2, -0.15) is 0 Å². The van der Waals surface area contributed by atoms with Crippen molar-refractivity contribution in [2.45, 2.75) is 65.3 Å². The minimum Gasteiger partial charge on any atom is -0.444 e. The number of carbonyl (C=O) groups excluding carboxylic acids is 1. The summed E-state index contributed by atoms with van der Waals surface area (Å²) in [6.45, 7) is 13.3. The minimum absolute atomic E-state index is 0.125. The molecular weight excluding hydrogens is 347 g/mol. The molecule has 0 bridgehead atoms. The topological polar surface area (TPSA) is 89.7 Å². The summed E-state index contributed by atoms with van der Waals surface area (Å²) in [5.41, 5.74) is -0.739. The quantitative estimate of drug-likeness (QED) is 0.789. The largest absolute Gasteiger partial charge is 0.492 e. The fourth-order valence-electron chi connectivity index (χ4n) is 2.43. The van der Waals surface area contributed by atoms with E-state index in [2.05, 4.69) is 10.3 Å². The second-order valence-corrected chi connectivity index (χ2v) is 8.63.